The number of nitrogens with one attached hydrogen (secondary N) is 1. The number of ether oxygens (including phenoxy) is 1. The highest BCUT2D eigenvalue weighted by atomic mass is 16.5. The van der Waals surface area contributed by atoms with Crippen molar-refractivity contribution in [1.29, 1.82) is 0 Å². The average Bonchev–Trinajstić information content (AvgIpc) is 2.34. The van der Waals surface area contributed by atoms with Crippen LogP contribution >= 0.6 is 0 Å². The molecule has 0 aliphatic carbocycles. The van der Waals surface area contributed by atoms with Gasteiger partial charge >= 0.3 is 6.03 Å². The second-order valence-electron chi connectivity index (χ2n) is 5.69. The molecule has 2 amide bonds. The van der Waals surface area contributed by atoms with Gasteiger partial charge in [-0.2, -0.15) is 0 Å². The predicted molar refractivity (Wildman–Crippen MR) is 72.1 cm³/mol. The molecule has 98 valence electrons. The van der Waals surface area contributed by atoms with Gasteiger partial charge in [-0.1, -0.05) is 32.9 Å². The van der Waals surface area contributed by atoms with Crippen LogP contribution in [0.3, 0.4) is 0 Å². The van der Waals surface area contributed by atoms with Crippen molar-refractivity contribution >= 4 is 11.7 Å². The van der Waals surface area contributed by atoms with Crippen molar-refractivity contribution in [3.8, 4) is 5.75 Å². The minimum Gasteiger partial charge on any atom is -0.490 e. The Bertz CT molecular complexity index is 438. The maximum atomic E-state index is 12.2. The van der Waals surface area contributed by atoms with Crippen LogP contribution in [0, 0.1) is 5.41 Å². The number of urea groups is 1. The van der Waals surface area contributed by atoms with Crippen LogP contribution in [-0.2, 0) is 0 Å². The van der Waals surface area contributed by atoms with Crippen LogP contribution in [0.1, 0.15) is 20.8 Å². The van der Waals surface area contributed by atoms with Gasteiger partial charge in [-0.3, -0.25) is 4.90 Å². The molecule has 0 fully saturated rings. The molecular formula is C14H20N2O2. The van der Waals surface area contributed by atoms with Crippen molar-refractivity contribution in [2.75, 3.05) is 24.6 Å². The highest BCUT2D eigenvalue weighted by Gasteiger charge is 2.24. The van der Waals surface area contributed by atoms with Crippen molar-refractivity contribution in [3.05, 3.63) is 24.3 Å². The third-order valence-corrected chi connectivity index (χ3v) is 2.74. The molecule has 0 atom stereocenters. The number of carbonyl (C=O) groups excluding carboxylic acids is 1. The number of fused-ring (bicyclic) bond motifs is 1. The van der Waals surface area contributed by atoms with Gasteiger partial charge < -0.3 is 10.1 Å². The zero-order valence-electron chi connectivity index (χ0n) is 11.2. The fourth-order valence-electron chi connectivity index (χ4n) is 1.82. The van der Waals surface area contributed by atoms with E-state index >= 15 is 0 Å². The summed E-state index contributed by atoms with van der Waals surface area (Å²) in [7, 11) is 0. The quantitative estimate of drug-likeness (QED) is 0.830. The molecule has 1 heterocycles. The van der Waals surface area contributed by atoms with E-state index in [1.807, 2.05) is 24.3 Å². The van der Waals surface area contributed by atoms with Gasteiger partial charge in [0.15, 0.2) is 0 Å². The summed E-state index contributed by atoms with van der Waals surface area (Å²) >= 11 is 0. The molecule has 0 spiro atoms. The van der Waals surface area contributed by atoms with Crippen LogP contribution in [0.5, 0.6) is 5.75 Å². The Labute approximate surface area is 108 Å². The molecule has 0 radical (unpaired) electrons. The summed E-state index contributed by atoms with van der Waals surface area (Å²) < 4.78 is 5.53. The number of rotatable bonds is 1. The third kappa shape index (κ3) is 2.94. The van der Waals surface area contributed by atoms with E-state index in [1.54, 1.807) is 4.90 Å². The first-order valence-electron chi connectivity index (χ1n) is 6.24. The molecule has 18 heavy (non-hydrogen) atoms. The minimum absolute atomic E-state index is 0.0549. The highest BCUT2D eigenvalue weighted by molar-refractivity contribution is 5.94. The zero-order valence-corrected chi connectivity index (χ0v) is 11.2. The summed E-state index contributed by atoms with van der Waals surface area (Å²) in [5, 5.41) is 2.96. The SMILES string of the molecule is CC(C)(C)CNC(=O)N1CCOc2ccccc21. The molecule has 1 aliphatic heterocycles. The number of para-hydroxylation sites is 2. The lowest BCUT2D eigenvalue weighted by Crippen LogP contribution is -2.46. The van der Waals surface area contributed by atoms with Crippen LogP contribution in [-0.4, -0.2) is 25.7 Å². The number of anilines is 1. The number of hydrogen-bond donors (Lipinski definition) is 1. The third-order valence-electron chi connectivity index (χ3n) is 2.74. The largest absolute Gasteiger partial charge is 0.490 e. The van der Waals surface area contributed by atoms with E-state index in [-0.39, 0.29) is 11.4 Å². The van der Waals surface area contributed by atoms with E-state index in [4.69, 9.17) is 4.74 Å². The van der Waals surface area contributed by atoms with Gasteiger partial charge in [-0.05, 0) is 17.5 Å². The molecule has 1 aromatic rings. The van der Waals surface area contributed by atoms with E-state index in [9.17, 15) is 4.79 Å². The first kappa shape index (κ1) is 12.7. The number of hydrogen-bond acceptors (Lipinski definition) is 2. The van der Waals surface area contributed by atoms with Crippen LogP contribution < -0.4 is 15.0 Å². The standard InChI is InChI=1S/C14H20N2O2/c1-14(2,3)10-15-13(17)16-8-9-18-12-7-5-4-6-11(12)16/h4-7H,8-10H2,1-3H3,(H,15,17). The monoisotopic (exact) mass is 248 g/mol. The fraction of sp³-hybridized carbons (Fsp3) is 0.500. The summed E-state index contributed by atoms with van der Waals surface area (Å²) in [5.41, 5.74) is 0.928. The summed E-state index contributed by atoms with van der Waals surface area (Å²) in [6.07, 6.45) is 0. The molecule has 4 heteroatoms. The molecule has 1 aliphatic rings. The van der Waals surface area contributed by atoms with Gasteiger partial charge in [-0.25, -0.2) is 4.79 Å². The Kier molecular flexibility index (Phi) is 3.45. The maximum Gasteiger partial charge on any atom is 0.322 e. The molecule has 0 unspecified atom stereocenters. The van der Waals surface area contributed by atoms with Gasteiger partial charge in [0.05, 0.1) is 12.2 Å². The second kappa shape index (κ2) is 4.88. The van der Waals surface area contributed by atoms with Gasteiger partial charge in [0.25, 0.3) is 0 Å². The van der Waals surface area contributed by atoms with E-state index in [0.29, 0.717) is 19.7 Å². The molecule has 0 saturated heterocycles. The summed E-state index contributed by atoms with van der Waals surface area (Å²) in [4.78, 5) is 13.9. The Balaban J connectivity index is 2.08. The van der Waals surface area contributed by atoms with E-state index in [2.05, 4.69) is 26.1 Å². The lowest BCUT2D eigenvalue weighted by Gasteiger charge is -2.30. The second-order valence-corrected chi connectivity index (χ2v) is 5.69. The number of benzene rings is 1. The fourth-order valence-corrected chi connectivity index (χ4v) is 1.82. The lowest BCUT2D eigenvalue weighted by molar-refractivity contribution is 0.235. The van der Waals surface area contributed by atoms with Crippen LogP contribution in [0.4, 0.5) is 10.5 Å². The first-order valence-corrected chi connectivity index (χ1v) is 6.24. The van der Waals surface area contributed by atoms with Gasteiger partial charge in [0, 0.05) is 6.54 Å². The Morgan fingerprint density at radius 3 is 2.83 bits per heavy atom. The van der Waals surface area contributed by atoms with Gasteiger partial charge in [0.2, 0.25) is 0 Å². The molecule has 0 aromatic heterocycles. The molecule has 4 nitrogen and oxygen atoms in total. The van der Waals surface area contributed by atoms with Gasteiger partial charge in [0.1, 0.15) is 12.4 Å². The number of amides is 2. The number of nitrogens with zero attached hydrogens (tertiary/aromatic N) is 1. The number of carbonyl (C=O) groups is 1. The van der Waals surface area contributed by atoms with E-state index < -0.39 is 0 Å². The van der Waals surface area contributed by atoms with E-state index in [1.165, 1.54) is 0 Å². The van der Waals surface area contributed by atoms with Crippen LogP contribution in [0.2, 0.25) is 0 Å². The summed E-state index contributed by atoms with van der Waals surface area (Å²) in [5.74, 6) is 0.773. The smallest absolute Gasteiger partial charge is 0.322 e. The van der Waals surface area contributed by atoms with Crippen LogP contribution in [0.15, 0.2) is 24.3 Å². The molecular weight excluding hydrogens is 228 g/mol. The Morgan fingerprint density at radius 2 is 2.11 bits per heavy atom. The van der Waals surface area contributed by atoms with Crippen molar-refractivity contribution in [1.82, 2.24) is 5.32 Å². The van der Waals surface area contributed by atoms with Crippen molar-refractivity contribution < 1.29 is 9.53 Å². The zero-order chi connectivity index (χ0) is 13.2. The maximum absolute atomic E-state index is 12.2. The van der Waals surface area contributed by atoms with Crippen molar-refractivity contribution in [2.45, 2.75) is 20.8 Å². The van der Waals surface area contributed by atoms with Crippen molar-refractivity contribution in [2.24, 2.45) is 5.41 Å². The predicted octanol–water partition coefficient (Wildman–Crippen LogP) is 2.64. The molecule has 1 aromatic carbocycles. The Morgan fingerprint density at radius 1 is 1.39 bits per heavy atom. The van der Waals surface area contributed by atoms with Gasteiger partial charge in [-0.15, -0.1) is 0 Å². The Hall–Kier alpha value is -1.71. The van der Waals surface area contributed by atoms with Crippen LogP contribution in [0.25, 0.3) is 0 Å². The lowest BCUT2D eigenvalue weighted by atomic mass is 9.97. The molecule has 0 saturated carbocycles. The molecule has 2 rings (SSSR count). The van der Waals surface area contributed by atoms with E-state index in [0.717, 1.165) is 11.4 Å². The molecule has 1 N–H and O–H groups in total. The average molecular weight is 248 g/mol. The minimum atomic E-state index is -0.0549. The van der Waals surface area contributed by atoms with Crippen molar-refractivity contribution in [3.63, 3.8) is 0 Å². The topological polar surface area (TPSA) is 41.6 Å². The normalized spacial score (nSPS) is 14.7. The first-order chi connectivity index (χ1) is 8.47. The highest BCUT2D eigenvalue weighted by Crippen LogP contribution is 2.30. The summed E-state index contributed by atoms with van der Waals surface area (Å²) in [6.45, 7) is 8.08. The molecule has 0 bridgehead atoms. The summed E-state index contributed by atoms with van der Waals surface area (Å²) in [6, 6.07) is 7.57.